The summed E-state index contributed by atoms with van der Waals surface area (Å²) in [5.74, 6) is 0. The van der Waals surface area contributed by atoms with Crippen LogP contribution in [-0.4, -0.2) is 16.6 Å². The summed E-state index contributed by atoms with van der Waals surface area (Å²) in [6, 6.07) is 0. The van der Waals surface area contributed by atoms with Crippen molar-refractivity contribution in [1.82, 2.24) is 4.37 Å². The molecular formula is C10H16N2O2S. The first-order valence-electron chi connectivity index (χ1n) is 4.97. The summed E-state index contributed by atoms with van der Waals surface area (Å²) < 4.78 is 9.20. The van der Waals surface area contributed by atoms with Gasteiger partial charge in [-0.25, -0.2) is 4.79 Å². The summed E-state index contributed by atoms with van der Waals surface area (Å²) in [6.45, 7) is 7.55. The first-order chi connectivity index (χ1) is 7.04. The lowest BCUT2D eigenvalue weighted by molar-refractivity contribution is 0.130. The summed E-state index contributed by atoms with van der Waals surface area (Å²) in [7, 11) is 0. The molecule has 1 N–H and O–H groups in total. The van der Waals surface area contributed by atoms with E-state index in [-0.39, 0.29) is 6.10 Å². The number of hydrogen-bond acceptors (Lipinski definition) is 4. The molecule has 0 bridgehead atoms. The molecule has 0 unspecified atom stereocenters. The number of aromatic nitrogens is 1. The van der Waals surface area contributed by atoms with E-state index in [1.165, 1.54) is 11.5 Å². The predicted molar refractivity (Wildman–Crippen MR) is 61.5 cm³/mol. The van der Waals surface area contributed by atoms with Gasteiger partial charge < -0.3 is 4.74 Å². The highest BCUT2D eigenvalue weighted by molar-refractivity contribution is 7.06. The number of anilines is 1. The highest BCUT2D eigenvalue weighted by atomic mass is 32.1. The molecule has 4 nitrogen and oxygen atoms in total. The van der Waals surface area contributed by atoms with Crippen LogP contribution >= 0.6 is 11.5 Å². The van der Waals surface area contributed by atoms with Crippen molar-refractivity contribution < 1.29 is 9.53 Å². The van der Waals surface area contributed by atoms with E-state index in [9.17, 15) is 4.79 Å². The van der Waals surface area contributed by atoms with Crippen LogP contribution in [-0.2, 0) is 11.2 Å². The van der Waals surface area contributed by atoms with Crippen molar-refractivity contribution in [2.24, 2.45) is 0 Å². The van der Waals surface area contributed by atoms with Crippen LogP contribution in [0.25, 0.3) is 0 Å². The van der Waals surface area contributed by atoms with Gasteiger partial charge in [-0.2, -0.15) is 4.37 Å². The van der Waals surface area contributed by atoms with Crippen LogP contribution in [0, 0.1) is 6.92 Å². The lowest BCUT2D eigenvalue weighted by Gasteiger charge is -2.09. The fraction of sp³-hybridized carbons (Fsp3) is 0.600. The third kappa shape index (κ3) is 3.20. The minimum atomic E-state index is -0.414. The van der Waals surface area contributed by atoms with Gasteiger partial charge in [-0.1, -0.05) is 6.92 Å². The predicted octanol–water partition coefficient (Wildman–Crippen LogP) is 2.97. The van der Waals surface area contributed by atoms with Crippen LogP contribution in [0.5, 0.6) is 0 Å². The van der Waals surface area contributed by atoms with Gasteiger partial charge in [-0.3, -0.25) is 5.32 Å². The molecule has 0 aliphatic carbocycles. The molecule has 0 saturated carbocycles. The third-order valence-corrected chi connectivity index (χ3v) is 2.90. The molecule has 1 amide bonds. The van der Waals surface area contributed by atoms with Gasteiger partial charge in [0.1, 0.15) is 0 Å². The number of nitrogens with zero attached hydrogens (tertiary/aromatic N) is 1. The zero-order chi connectivity index (χ0) is 11.4. The molecule has 0 saturated heterocycles. The van der Waals surface area contributed by atoms with Crippen molar-refractivity contribution >= 4 is 23.3 Å². The Morgan fingerprint density at radius 3 is 2.80 bits per heavy atom. The third-order valence-electron chi connectivity index (χ3n) is 1.82. The van der Waals surface area contributed by atoms with E-state index in [0.717, 1.165) is 22.7 Å². The largest absolute Gasteiger partial charge is 0.447 e. The van der Waals surface area contributed by atoms with E-state index >= 15 is 0 Å². The van der Waals surface area contributed by atoms with Crippen LogP contribution in [0.15, 0.2) is 0 Å². The van der Waals surface area contributed by atoms with E-state index in [1.54, 1.807) is 0 Å². The average molecular weight is 228 g/mol. The molecule has 0 atom stereocenters. The van der Waals surface area contributed by atoms with Gasteiger partial charge in [0.05, 0.1) is 17.5 Å². The van der Waals surface area contributed by atoms with Crippen LogP contribution in [0.1, 0.15) is 31.3 Å². The second kappa shape index (κ2) is 5.11. The Hall–Kier alpha value is -1.10. The summed E-state index contributed by atoms with van der Waals surface area (Å²) in [6.07, 6.45) is 0.341. The van der Waals surface area contributed by atoms with Crippen molar-refractivity contribution in [2.45, 2.75) is 40.2 Å². The maximum absolute atomic E-state index is 11.4. The summed E-state index contributed by atoms with van der Waals surface area (Å²) in [5.41, 5.74) is 1.64. The molecule has 0 fully saturated rings. The molecule has 0 radical (unpaired) electrons. The van der Waals surface area contributed by atoms with Crippen molar-refractivity contribution in [3.8, 4) is 0 Å². The highest BCUT2D eigenvalue weighted by Crippen LogP contribution is 2.24. The van der Waals surface area contributed by atoms with E-state index in [0.29, 0.717) is 0 Å². The Morgan fingerprint density at radius 1 is 1.60 bits per heavy atom. The molecule has 1 aromatic rings. The number of carbonyl (C=O) groups is 1. The van der Waals surface area contributed by atoms with Gasteiger partial charge >= 0.3 is 6.09 Å². The Kier molecular flexibility index (Phi) is 4.08. The van der Waals surface area contributed by atoms with Gasteiger partial charge in [0.15, 0.2) is 0 Å². The Morgan fingerprint density at radius 2 is 2.27 bits per heavy atom. The summed E-state index contributed by atoms with van der Waals surface area (Å²) in [5, 5.41) is 2.73. The van der Waals surface area contributed by atoms with Crippen molar-refractivity contribution in [2.75, 3.05) is 5.32 Å². The first kappa shape index (κ1) is 12.0. The Labute approximate surface area is 93.8 Å². The zero-order valence-corrected chi connectivity index (χ0v) is 10.3. The highest BCUT2D eigenvalue weighted by Gasteiger charge is 2.13. The van der Waals surface area contributed by atoms with Crippen LogP contribution in [0.2, 0.25) is 0 Å². The van der Waals surface area contributed by atoms with Crippen LogP contribution in [0.3, 0.4) is 0 Å². The first-order valence-corrected chi connectivity index (χ1v) is 5.74. The molecule has 84 valence electrons. The van der Waals surface area contributed by atoms with Crippen molar-refractivity contribution in [3.63, 3.8) is 0 Å². The number of amides is 1. The topological polar surface area (TPSA) is 51.2 Å². The van der Waals surface area contributed by atoms with Gasteiger partial charge in [0.25, 0.3) is 0 Å². The number of nitrogens with one attached hydrogen (secondary N) is 1. The second-order valence-electron chi connectivity index (χ2n) is 3.50. The molecule has 5 heteroatoms. The number of ether oxygens (including phenoxy) is 1. The van der Waals surface area contributed by atoms with Crippen molar-refractivity contribution in [1.29, 1.82) is 0 Å². The number of aryl methyl sites for hydroxylation is 2. The van der Waals surface area contributed by atoms with E-state index in [2.05, 4.69) is 9.69 Å². The molecular weight excluding hydrogens is 212 g/mol. The lowest BCUT2D eigenvalue weighted by atomic mass is 10.3. The van der Waals surface area contributed by atoms with Crippen LogP contribution < -0.4 is 5.32 Å². The SMILES string of the molecule is CCc1snc(C)c1NC(=O)OC(C)C. The quantitative estimate of drug-likeness (QED) is 0.865. The molecule has 0 spiro atoms. The van der Waals surface area contributed by atoms with E-state index < -0.39 is 6.09 Å². The molecule has 0 aliphatic heterocycles. The Bertz CT molecular complexity index is 347. The number of carbonyl (C=O) groups excluding carboxylic acids is 1. The summed E-state index contributed by atoms with van der Waals surface area (Å²) >= 11 is 1.42. The molecule has 1 heterocycles. The maximum Gasteiger partial charge on any atom is 0.411 e. The van der Waals surface area contributed by atoms with Gasteiger partial charge in [-0.15, -0.1) is 0 Å². The lowest BCUT2D eigenvalue weighted by Crippen LogP contribution is -2.18. The van der Waals surface area contributed by atoms with Crippen LogP contribution in [0.4, 0.5) is 10.5 Å². The molecule has 0 aliphatic rings. The average Bonchev–Trinajstić information content (AvgIpc) is 2.46. The minimum Gasteiger partial charge on any atom is -0.447 e. The normalized spacial score (nSPS) is 10.5. The number of hydrogen-bond donors (Lipinski definition) is 1. The fourth-order valence-electron chi connectivity index (χ4n) is 1.16. The molecule has 1 aromatic heterocycles. The maximum atomic E-state index is 11.4. The minimum absolute atomic E-state index is 0.109. The summed E-state index contributed by atoms with van der Waals surface area (Å²) in [4.78, 5) is 12.5. The number of rotatable bonds is 3. The molecule has 1 rings (SSSR count). The van der Waals surface area contributed by atoms with Gasteiger partial charge in [0, 0.05) is 4.88 Å². The van der Waals surface area contributed by atoms with Gasteiger partial charge in [-0.05, 0) is 38.7 Å². The zero-order valence-electron chi connectivity index (χ0n) is 9.46. The van der Waals surface area contributed by atoms with Crippen molar-refractivity contribution in [3.05, 3.63) is 10.6 Å². The molecule has 0 aromatic carbocycles. The monoisotopic (exact) mass is 228 g/mol. The Balaban J connectivity index is 2.71. The van der Waals surface area contributed by atoms with E-state index in [1.807, 2.05) is 27.7 Å². The molecule has 15 heavy (non-hydrogen) atoms. The standard InChI is InChI=1S/C10H16N2O2S/c1-5-8-9(7(4)12-15-8)11-10(13)14-6(2)3/h6H,5H2,1-4H3,(H,11,13). The fourth-order valence-corrected chi connectivity index (χ4v) is 1.92. The van der Waals surface area contributed by atoms with E-state index in [4.69, 9.17) is 4.74 Å². The second-order valence-corrected chi connectivity index (χ2v) is 4.36. The van der Waals surface area contributed by atoms with Gasteiger partial charge in [0.2, 0.25) is 0 Å². The smallest absolute Gasteiger partial charge is 0.411 e.